The molecule has 2 atom stereocenters. The zero-order valence-electron chi connectivity index (χ0n) is 15.2. The van der Waals surface area contributed by atoms with E-state index in [1.54, 1.807) is 13.0 Å². The van der Waals surface area contributed by atoms with Gasteiger partial charge in [0.25, 0.3) is 0 Å². The molecule has 0 radical (unpaired) electrons. The second-order valence-corrected chi connectivity index (χ2v) is 6.48. The molecular formula is C22H24F2O2. The van der Waals surface area contributed by atoms with Gasteiger partial charge in [0, 0.05) is 11.5 Å². The van der Waals surface area contributed by atoms with Gasteiger partial charge in [-0.2, -0.15) is 4.39 Å². The average Bonchev–Trinajstić information content (AvgIpc) is 2.67. The van der Waals surface area contributed by atoms with Gasteiger partial charge in [-0.1, -0.05) is 36.4 Å². The van der Waals surface area contributed by atoms with E-state index in [0.717, 1.165) is 25.0 Å². The van der Waals surface area contributed by atoms with Crippen molar-refractivity contribution in [2.45, 2.75) is 32.8 Å². The summed E-state index contributed by atoms with van der Waals surface area (Å²) in [5, 5.41) is 0. The molecule has 26 heavy (non-hydrogen) atoms. The highest BCUT2D eigenvalue weighted by atomic mass is 19.2. The number of allylic oxidation sites excluding steroid dienone is 1. The van der Waals surface area contributed by atoms with Crippen molar-refractivity contribution < 1.29 is 18.3 Å². The van der Waals surface area contributed by atoms with E-state index in [1.807, 2.05) is 31.2 Å². The van der Waals surface area contributed by atoms with Crippen LogP contribution < -0.4 is 4.74 Å². The Morgan fingerprint density at radius 3 is 2.46 bits per heavy atom. The van der Waals surface area contributed by atoms with Crippen LogP contribution in [0.4, 0.5) is 8.78 Å². The van der Waals surface area contributed by atoms with Gasteiger partial charge in [-0.15, -0.1) is 0 Å². The highest BCUT2D eigenvalue weighted by Crippen LogP contribution is 2.34. The normalized spacial score (nSPS) is 20.5. The zero-order valence-corrected chi connectivity index (χ0v) is 15.2. The van der Waals surface area contributed by atoms with Crippen molar-refractivity contribution in [2.24, 2.45) is 5.92 Å². The van der Waals surface area contributed by atoms with Crippen LogP contribution in [0.15, 0.2) is 48.6 Å². The highest BCUT2D eigenvalue weighted by Gasteiger charge is 2.22. The topological polar surface area (TPSA) is 18.5 Å². The summed E-state index contributed by atoms with van der Waals surface area (Å²) >= 11 is 0. The predicted octanol–water partition coefficient (Wildman–Crippen LogP) is 6.07. The number of rotatable bonds is 5. The van der Waals surface area contributed by atoms with Crippen LogP contribution in [0.25, 0.3) is 11.1 Å². The fourth-order valence-electron chi connectivity index (χ4n) is 3.36. The Balaban J connectivity index is 1.75. The van der Waals surface area contributed by atoms with Crippen molar-refractivity contribution in [1.82, 2.24) is 0 Å². The van der Waals surface area contributed by atoms with E-state index in [9.17, 15) is 8.78 Å². The fourth-order valence-corrected chi connectivity index (χ4v) is 3.36. The molecule has 138 valence electrons. The van der Waals surface area contributed by atoms with Crippen LogP contribution in [0.5, 0.6) is 5.75 Å². The highest BCUT2D eigenvalue weighted by molar-refractivity contribution is 5.65. The minimum atomic E-state index is -0.945. The molecule has 1 aliphatic heterocycles. The van der Waals surface area contributed by atoms with Crippen molar-refractivity contribution in [3.63, 3.8) is 0 Å². The fraction of sp³-hybridized carbons (Fsp3) is 0.364. The van der Waals surface area contributed by atoms with Gasteiger partial charge in [0.1, 0.15) is 0 Å². The molecule has 1 saturated heterocycles. The van der Waals surface area contributed by atoms with Crippen LogP contribution in [0.1, 0.15) is 38.4 Å². The summed E-state index contributed by atoms with van der Waals surface area (Å²) in [6.45, 7) is 4.77. The van der Waals surface area contributed by atoms with Crippen LogP contribution in [-0.4, -0.2) is 13.2 Å². The number of halogens is 2. The molecule has 2 aromatic rings. The van der Waals surface area contributed by atoms with Crippen LogP contribution in [0.2, 0.25) is 0 Å². The number of benzene rings is 2. The van der Waals surface area contributed by atoms with E-state index < -0.39 is 11.6 Å². The Bertz CT molecular complexity index is 760. The molecule has 1 fully saturated rings. The van der Waals surface area contributed by atoms with Crippen molar-refractivity contribution in [3.8, 4) is 16.9 Å². The van der Waals surface area contributed by atoms with Gasteiger partial charge in [-0.25, -0.2) is 4.39 Å². The minimum Gasteiger partial charge on any atom is -0.491 e. The van der Waals surface area contributed by atoms with Crippen molar-refractivity contribution in [1.29, 1.82) is 0 Å². The summed E-state index contributed by atoms with van der Waals surface area (Å²) in [5.74, 6) is -1.40. The molecule has 0 bridgehead atoms. The molecule has 0 aromatic heterocycles. The number of hydrogen-bond acceptors (Lipinski definition) is 2. The lowest BCUT2D eigenvalue weighted by atomic mass is 9.93. The monoisotopic (exact) mass is 358 g/mol. The maximum absolute atomic E-state index is 14.4. The van der Waals surface area contributed by atoms with Crippen LogP contribution >= 0.6 is 0 Å². The number of hydrogen-bond donors (Lipinski definition) is 0. The summed E-state index contributed by atoms with van der Waals surface area (Å²) in [6, 6.07) is 10.5. The lowest BCUT2D eigenvalue weighted by Gasteiger charge is -2.27. The lowest BCUT2D eigenvalue weighted by molar-refractivity contribution is -0.00524. The van der Waals surface area contributed by atoms with Crippen molar-refractivity contribution >= 4 is 0 Å². The maximum atomic E-state index is 14.4. The minimum absolute atomic E-state index is 0.0586. The van der Waals surface area contributed by atoms with E-state index in [1.165, 1.54) is 6.07 Å². The zero-order chi connectivity index (χ0) is 18.5. The molecule has 0 N–H and O–H groups in total. The molecule has 1 heterocycles. The first kappa shape index (κ1) is 18.6. The molecule has 0 aliphatic carbocycles. The Morgan fingerprint density at radius 2 is 1.85 bits per heavy atom. The molecule has 1 aliphatic rings. The lowest BCUT2D eigenvalue weighted by Crippen LogP contribution is -2.19. The van der Waals surface area contributed by atoms with E-state index >= 15 is 0 Å². The summed E-state index contributed by atoms with van der Waals surface area (Å²) in [5.41, 5.74) is 1.94. The van der Waals surface area contributed by atoms with Gasteiger partial charge in [0.15, 0.2) is 11.6 Å². The van der Waals surface area contributed by atoms with Gasteiger partial charge in [0.05, 0.1) is 19.3 Å². The average molecular weight is 358 g/mol. The first-order chi connectivity index (χ1) is 12.6. The number of ether oxygens (including phenoxy) is 2. The first-order valence-electron chi connectivity index (χ1n) is 9.09. The summed E-state index contributed by atoms with van der Waals surface area (Å²) < 4.78 is 39.5. The standard InChI is InChI=1S/C22H24F2O2/c1-3-5-15-6-12-19(26-14-15)17-9-7-16(8-10-17)18-11-13-20(25-4-2)22(24)21(18)23/h3,5,7-11,13,15,19H,4,6,12,14H2,1-2H3/b5-3+. The van der Waals surface area contributed by atoms with E-state index in [4.69, 9.17) is 9.47 Å². The molecule has 0 spiro atoms. The molecule has 2 aromatic carbocycles. The molecular weight excluding hydrogens is 334 g/mol. The SMILES string of the molecule is C/C=C/C1CCC(c2ccc(-c3ccc(OCC)c(F)c3F)cc2)OC1. The maximum Gasteiger partial charge on any atom is 0.201 e. The van der Waals surface area contributed by atoms with Gasteiger partial charge in [-0.3, -0.25) is 0 Å². The summed E-state index contributed by atoms with van der Waals surface area (Å²) in [4.78, 5) is 0. The third-order valence-electron chi connectivity index (χ3n) is 4.72. The Morgan fingerprint density at radius 1 is 1.08 bits per heavy atom. The predicted molar refractivity (Wildman–Crippen MR) is 99.2 cm³/mol. The van der Waals surface area contributed by atoms with Crippen LogP contribution in [0, 0.1) is 17.6 Å². The van der Waals surface area contributed by atoms with Gasteiger partial charge < -0.3 is 9.47 Å². The molecule has 2 nitrogen and oxygen atoms in total. The third kappa shape index (κ3) is 3.96. The largest absolute Gasteiger partial charge is 0.491 e. The van der Waals surface area contributed by atoms with Gasteiger partial charge >= 0.3 is 0 Å². The van der Waals surface area contributed by atoms with E-state index in [0.29, 0.717) is 18.1 Å². The van der Waals surface area contributed by atoms with Gasteiger partial charge in [-0.05, 0) is 49.9 Å². The van der Waals surface area contributed by atoms with Crippen molar-refractivity contribution in [3.05, 3.63) is 65.7 Å². The Hall–Kier alpha value is -2.20. The van der Waals surface area contributed by atoms with E-state index in [2.05, 4.69) is 12.2 Å². The second-order valence-electron chi connectivity index (χ2n) is 6.48. The smallest absolute Gasteiger partial charge is 0.201 e. The third-order valence-corrected chi connectivity index (χ3v) is 4.72. The molecule has 2 unspecified atom stereocenters. The first-order valence-corrected chi connectivity index (χ1v) is 9.09. The van der Waals surface area contributed by atoms with Crippen LogP contribution in [0.3, 0.4) is 0 Å². The molecule has 0 saturated carbocycles. The van der Waals surface area contributed by atoms with Crippen LogP contribution in [-0.2, 0) is 4.74 Å². The van der Waals surface area contributed by atoms with Crippen molar-refractivity contribution in [2.75, 3.05) is 13.2 Å². The Kier molecular flexibility index (Phi) is 6.04. The molecule has 4 heteroatoms. The van der Waals surface area contributed by atoms with Gasteiger partial charge in [0.2, 0.25) is 5.82 Å². The molecule has 0 amide bonds. The van der Waals surface area contributed by atoms with E-state index in [-0.39, 0.29) is 17.4 Å². The quantitative estimate of drug-likeness (QED) is 0.604. The Labute approximate surface area is 153 Å². The summed E-state index contributed by atoms with van der Waals surface area (Å²) in [6.07, 6.45) is 6.36. The second kappa shape index (κ2) is 8.45. The molecule has 3 rings (SSSR count). The summed E-state index contributed by atoms with van der Waals surface area (Å²) in [7, 11) is 0.